The van der Waals surface area contributed by atoms with Gasteiger partial charge >= 0.3 is 6.03 Å². The Bertz CT molecular complexity index is 1150. The molecule has 2 N–H and O–H groups in total. The molecule has 2 amide bonds. The molecule has 0 saturated carbocycles. The predicted molar refractivity (Wildman–Crippen MR) is 118 cm³/mol. The average Bonchev–Trinajstić information content (AvgIpc) is 3.29. The molecule has 31 heavy (non-hydrogen) atoms. The van der Waals surface area contributed by atoms with Gasteiger partial charge in [-0.25, -0.2) is 4.79 Å². The molecule has 0 aliphatic rings. The summed E-state index contributed by atoms with van der Waals surface area (Å²) in [7, 11) is 1.58. The lowest BCUT2D eigenvalue weighted by Crippen LogP contribution is -2.33. The highest BCUT2D eigenvalue weighted by atomic mass is 35.5. The molecule has 4 rings (SSSR count). The molecular weight excluding hydrogens is 416 g/mol. The average molecular weight is 435 g/mol. The van der Waals surface area contributed by atoms with Crippen molar-refractivity contribution in [3.63, 3.8) is 0 Å². The molecule has 7 nitrogen and oxygen atoms in total. The van der Waals surface area contributed by atoms with E-state index in [0.717, 1.165) is 11.1 Å². The van der Waals surface area contributed by atoms with E-state index in [0.29, 0.717) is 22.4 Å². The number of ether oxygens (including phenoxy) is 1. The van der Waals surface area contributed by atoms with Crippen molar-refractivity contribution in [2.24, 2.45) is 0 Å². The Morgan fingerprint density at radius 2 is 1.68 bits per heavy atom. The maximum Gasteiger partial charge on any atom is 0.320 e. The number of nitrogens with one attached hydrogen (secondary N) is 2. The Morgan fingerprint density at radius 1 is 0.968 bits per heavy atom. The molecule has 1 heterocycles. The summed E-state index contributed by atoms with van der Waals surface area (Å²) >= 11 is 6.02. The van der Waals surface area contributed by atoms with Crippen LogP contribution < -0.4 is 15.4 Å². The fourth-order valence-corrected chi connectivity index (χ4v) is 3.09. The van der Waals surface area contributed by atoms with Crippen LogP contribution in [0.3, 0.4) is 0 Å². The highest BCUT2D eigenvalue weighted by Gasteiger charge is 2.23. The highest BCUT2D eigenvalue weighted by Crippen LogP contribution is 2.26. The number of rotatable bonds is 6. The van der Waals surface area contributed by atoms with Gasteiger partial charge in [0.25, 0.3) is 0 Å². The fraction of sp³-hybridized carbons (Fsp3) is 0.0870. The van der Waals surface area contributed by atoms with E-state index in [1.807, 2.05) is 30.3 Å². The van der Waals surface area contributed by atoms with Crippen molar-refractivity contribution in [3.05, 3.63) is 95.3 Å². The van der Waals surface area contributed by atoms with Gasteiger partial charge in [0.2, 0.25) is 11.8 Å². The molecule has 0 bridgehead atoms. The van der Waals surface area contributed by atoms with Crippen molar-refractivity contribution in [1.29, 1.82) is 0 Å². The van der Waals surface area contributed by atoms with Crippen molar-refractivity contribution < 1.29 is 13.9 Å². The quantitative estimate of drug-likeness (QED) is 0.429. The standard InChI is InChI=1S/C23H19ClN4O3/c1-30-19-13-11-18(12-14-19)25-23(29)26-20(15-7-9-17(24)10-8-15)22-28-27-21(31-22)16-5-3-2-4-6-16/h2-14,20H,1H3,(H2,25,26,29). The third-order valence-electron chi connectivity index (χ3n) is 4.53. The number of carbonyl (C=O) groups excluding carboxylic acids is 1. The van der Waals surface area contributed by atoms with Crippen molar-refractivity contribution in [1.82, 2.24) is 15.5 Å². The van der Waals surface area contributed by atoms with Crippen LogP contribution in [0.5, 0.6) is 5.75 Å². The van der Waals surface area contributed by atoms with E-state index >= 15 is 0 Å². The Kier molecular flexibility index (Phi) is 6.14. The third-order valence-corrected chi connectivity index (χ3v) is 4.79. The lowest BCUT2D eigenvalue weighted by Gasteiger charge is -2.16. The summed E-state index contributed by atoms with van der Waals surface area (Å²) in [5, 5.41) is 14.6. The summed E-state index contributed by atoms with van der Waals surface area (Å²) in [5.41, 5.74) is 2.15. The Balaban J connectivity index is 1.58. The van der Waals surface area contributed by atoms with Crippen LogP contribution in [-0.4, -0.2) is 23.3 Å². The molecule has 0 radical (unpaired) electrons. The maximum atomic E-state index is 12.7. The maximum absolute atomic E-state index is 12.7. The van der Waals surface area contributed by atoms with Crippen LogP contribution in [0, 0.1) is 0 Å². The van der Waals surface area contributed by atoms with Crippen molar-refractivity contribution in [2.45, 2.75) is 6.04 Å². The van der Waals surface area contributed by atoms with E-state index in [4.69, 9.17) is 20.8 Å². The van der Waals surface area contributed by atoms with Gasteiger partial charge in [-0.05, 0) is 54.1 Å². The van der Waals surface area contributed by atoms with Gasteiger partial charge in [-0.3, -0.25) is 0 Å². The number of methoxy groups -OCH3 is 1. The number of benzene rings is 3. The molecule has 156 valence electrons. The van der Waals surface area contributed by atoms with Crippen LogP contribution in [0.4, 0.5) is 10.5 Å². The zero-order valence-electron chi connectivity index (χ0n) is 16.6. The summed E-state index contributed by atoms with van der Waals surface area (Å²) in [6.07, 6.45) is 0. The lowest BCUT2D eigenvalue weighted by molar-refractivity contribution is 0.248. The van der Waals surface area contributed by atoms with Crippen molar-refractivity contribution >= 4 is 23.3 Å². The largest absolute Gasteiger partial charge is 0.497 e. The number of carbonyl (C=O) groups is 1. The molecule has 8 heteroatoms. The first-order valence-electron chi connectivity index (χ1n) is 9.48. The molecule has 0 spiro atoms. The van der Waals surface area contributed by atoms with Gasteiger partial charge in [0.05, 0.1) is 7.11 Å². The molecule has 4 aromatic rings. The topological polar surface area (TPSA) is 89.3 Å². The third kappa shape index (κ3) is 5.02. The zero-order valence-corrected chi connectivity index (χ0v) is 17.3. The van der Waals surface area contributed by atoms with Crippen LogP contribution in [0.2, 0.25) is 5.02 Å². The smallest absolute Gasteiger partial charge is 0.320 e. The molecule has 1 atom stereocenters. The van der Waals surface area contributed by atoms with Crippen LogP contribution in [0.25, 0.3) is 11.5 Å². The van der Waals surface area contributed by atoms with Gasteiger partial charge in [-0.2, -0.15) is 0 Å². The molecule has 1 aromatic heterocycles. The van der Waals surface area contributed by atoms with Crippen molar-refractivity contribution in [3.8, 4) is 17.2 Å². The molecule has 0 aliphatic carbocycles. The second kappa shape index (κ2) is 9.32. The van der Waals surface area contributed by atoms with Gasteiger partial charge in [-0.15, -0.1) is 10.2 Å². The van der Waals surface area contributed by atoms with Crippen LogP contribution >= 0.6 is 11.6 Å². The first-order chi connectivity index (χ1) is 15.1. The highest BCUT2D eigenvalue weighted by molar-refractivity contribution is 6.30. The molecule has 0 aliphatic heterocycles. The summed E-state index contributed by atoms with van der Waals surface area (Å²) in [6.45, 7) is 0. The molecular formula is C23H19ClN4O3. The summed E-state index contributed by atoms with van der Waals surface area (Å²) < 4.78 is 11.0. The molecule has 0 fully saturated rings. The van der Waals surface area contributed by atoms with E-state index in [1.165, 1.54) is 0 Å². The number of halogens is 1. The van der Waals surface area contributed by atoms with Crippen molar-refractivity contribution in [2.75, 3.05) is 12.4 Å². The van der Waals surface area contributed by atoms with Gasteiger partial charge < -0.3 is 19.8 Å². The summed E-state index contributed by atoms with van der Waals surface area (Å²) in [6, 6.07) is 22.4. The van der Waals surface area contributed by atoms with Gasteiger partial charge in [-0.1, -0.05) is 41.9 Å². The van der Waals surface area contributed by atoms with E-state index in [9.17, 15) is 4.79 Å². The molecule has 0 saturated heterocycles. The fourth-order valence-electron chi connectivity index (χ4n) is 2.96. The van der Waals surface area contributed by atoms with Gasteiger partial charge in [0.1, 0.15) is 11.8 Å². The minimum atomic E-state index is -0.666. The SMILES string of the molecule is COc1ccc(NC(=O)NC(c2ccc(Cl)cc2)c2nnc(-c3ccccc3)o2)cc1. The number of urea groups is 1. The Hall–Kier alpha value is -3.84. The normalized spacial score (nSPS) is 11.5. The monoisotopic (exact) mass is 434 g/mol. The Morgan fingerprint density at radius 3 is 2.35 bits per heavy atom. The first-order valence-corrected chi connectivity index (χ1v) is 9.86. The van der Waals surface area contributed by atoms with E-state index in [-0.39, 0.29) is 5.89 Å². The van der Waals surface area contributed by atoms with Crippen LogP contribution in [-0.2, 0) is 0 Å². The number of nitrogens with zero attached hydrogens (tertiary/aromatic N) is 2. The number of hydrogen-bond acceptors (Lipinski definition) is 5. The number of anilines is 1. The minimum absolute atomic E-state index is 0.256. The zero-order chi connectivity index (χ0) is 21.6. The molecule has 3 aromatic carbocycles. The van der Waals surface area contributed by atoms with Crippen LogP contribution in [0.15, 0.2) is 83.3 Å². The Labute approximate surface area is 184 Å². The lowest BCUT2D eigenvalue weighted by atomic mass is 10.1. The second-order valence-electron chi connectivity index (χ2n) is 6.62. The van der Waals surface area contributed by atoms with Gasteiger partial charge in [0, 0.05) is 16.3 Å². The van der Waals surface area contributed by atoms with E-state index < -0.39 is 12.1 Å². The van der Waals surface area contributed by atoms with E-state index in [2.05, 4.69) is 20.8 Å². The minimum Gasteiger partial charge on any atom is -0.497 e. The number of aromatic nitrogens is 2. The number of hydrogen-bond donors (Lipinski definition) is 2. The number of amides is 2. The van der Waals surface area contributed by atoms with Gasteiger partial charge in [0.15, 0.2) is 0 Å². The molecule has 1 unspecified atom stereocenters. The summed E-state index contributed by atoms with van der Waals surface area (Å²) in [5.74, 6) is 1.32. The first kappa shape index (κ1) is 20.4. The van der Waals surface area contributed by atoms with E-state index in [1.54, 1.807) is 55.6 Å². The second-order valence-corrected chi connectivity index (χ2v) is 7.06. The van der Waals surface area contributed by atoms with Crippen LogP contribution in [0.1, 0.15) is 17.5 Å². The summed E-state index contributed by atoms with van der Waals surface area (Å²) in [4.78, 5) is 12.7. The predicted octanol–water partition coefficient (Wildman–Crippen LogP) is 5.31.